The highest BCUT2D eigenvalue weighted by Crippen LogP contribution is 2.39. The molecule has 0 aliphatic carbocycles. The summed E-state index contributed by atoms with van der Waals surface area (Å²) >= 11 is 18.6. The monoisotopic (exact) mass is 328 g/mol. The van der Waals surface area contributed by atoms with Crippen molar-refractivity contribution in [3.05, 3.63) is 57.6 Å². The number of ether oxygens (including phenoxy) is 2. The normalized spacial score (nSPS) is 14.9. The molecular formula is C15H11Cl3O2. The Morgan fingerprint density at radius 3 is 2.40 bits per heavy atom. The van der Waals surface area contributed by atoms with Gasteiger partial charge in [-0.05, 0) is 35.4 Å². The Morgan fingerprint density at radius 1 is 0.900 bits per heavy atom. The number of benzene rings is 2. The van der Waals surface area contributed by atoms with Crippen LogP contribution in [0.4, 0.5) is 0 Å². The van der Waals surface area contributed by atoms with Gasteiger partial charge in [-0.2, -0.15) is 0 Å². The lowest BCUT2D eigenvalue weighted by Crippen LogP contribution is -2.15. The summed E-state index contributed by atoms with van der Waals surface area (Å²) in [5, 5.41) is 0.771. The van der Waals surface area contributed by atoms with Crippen LogP contribution < -0.4 is 9.47 Å². The fourth-order valence-electron chi connectivity index (χ4n) is 2.10. The van der Waals surface area contributed by atoms with E-state index in [4.69, 9.17) is 44.3 Å². The molecule has 0 spiro atoms. The van der Waals surface area contributed by atoms with Gasteiger partial charge >= 0.3 is 0 Å². The molecule has 2 aromatic carbocycles. The number of hydrogen-bond acceptors (Lipinski definition) is 2. The Balaban J connectivity index is 1.95. The molecule has 1 aliphatic rings. The van der Waals surface area contributed by atoms with E-state index in [1.807, 2.05) is 24.3 Å². The topological polar surface area (TPSA) is 18.5 Å². The quantitative estimate of drug-likeness (QED) is 0.714. The molecule has 0 bridgehead atoms. The number of rotatable bonds is 2. The van der Waals surface area contributed by atoms with Crippen LogP contribution in [-0.4, -0.2) is 13.2 Å². The van der Waals surface area contributed by atoms with E-state index in [9.17, 15) is 0 Å². The molecule has 5 heteroatoms. The van der Waals surface area contributed by atoms with Crippen LogP contribution in [0.2, 0.25) is 10.0 Å². The minimum Gasteiger partial charge on any atom is -0.486 e. The third kappa shape index (κ3) is 2.69. The summed E-state index contributed by atoms with van der Waals surface area (Å²) in [4.78, 5) is 0. The predicted octanol–water partition coefficient (Wildman–Crippen LogP) is 5.09. The molecule has 1 unspecified atom stereocenters. The second-order valence-corrected chi connectivity index (χ2v) is 5.71. The van der Waals surface area contributed by atoms with Crippen LogP contribution in [0, 0.1) is 0 Å². The molecule has 2 nitrogen and oxygen atoms in total. The van der Waals surface area contributed by atoms with Gasteiger partial charge in [0, 0.05) is 10.0 Å². The zero-order chi connectivity index (χ0) is 14.1. The highest BCUT2D eigenvalue weighted by Gasteiger charge is 2.18. The second-order valence-electron chi connectivity index (χ2n) is 4.43. The first kappa shape index (κ1) is 13.9. The Hall–Kier alpha value is -1.09. The molecule has 1 aliphatic heterocycles. The predicted molar refractivity (Wildman–Crippen MR) is 81.6 cm³/mol. The third-order valence-electron chi connectivity index (χ3n) is 3.09. The summed E-state index contributed by atoms with van der Waals surface area (Å²) < 4.78 is 11.1. The second kappa shape index (κ2) is 5.72. The lowest BCUT2D eigenvalue weighted by molar-refractivity contribution is 0.171. The van der Waals surface area contributed by atoms with Gasteiger partial charge < -0.3 is 9.47 Å². The van der Waals surface area contributed by atoms with Gasteiger partial charge in [0.2, 0.25) is 0 Å². The van der Waals surface area contributed by atoms with Gasteiger partial charge in [-0.3, -0.25) is 0 Å². The maximum absolute atomic E-state index is 6.51. The van der Waals surface area contributed by atoms with E-state index in [1.54, 1.807) is 12.1 Å². The molecule has 0 aromatic heterocycles. The molecule has 0 saturated carbocycles. The maximum Gasteiger partial charge on any atom is 0.161 e. The summed E-state index contributed by atoms with van der Waals surface area (Å²) in [6, 6.07) is 11.0. The summed E-state index contributed by atoms with van der Waals surface area (Å²) in [5.74, 6) is 1.45. The van der Waals surface area contributed by atoms with E-state index in [2.05, 4.69) is 0 Å². The Labute approximate surface area is 132 Å². The highest BCUT2D eigenvalue weighted by molar-refractivity contribution is 6.36. The SMILES string of the molecule is Clc1ccc(C(Cl)c2ccc3c(c2)OCCO3)c(Cl)c1. The van der Waals surface area contributed by atoms with Crippen molar-refractivity contribution in [3.8, 4) is 11.5 Å². The van der Waals surface area contributed by atoms with E-state index < -0.39 is 0 Å². The molecule has 0 N–H and O–H groups in total. The van der Waals surface area contributed by atoms with E-state index in [0.717, 1.165) is 16.9 Å². The summed E-state index contributed by atoms with van der Waals surface area (Å²) in [6.45, 7) is 1.12. The van der Waals surface area contributed by atoms with E-state index in [0.29, 0.717) is 29.0 Å². The minimum atomic E-state index is -0.365. The molecule has 0 amide bonds. The fourth-order valence-corrected chi connectivity index (χ4v) is 3.00. The largest absolute Gasteiger partial charge is 0.486 e. The average molecular weight is 330 g/mol. The van der Waals surface area contributed by atoms with Crippen LogP contribution in [0.5, 0.6) is 11.5 Å². The molecule has 1 heterocycles. The minimum absolute atomic E-state index is 0.365. The smallest absolute Gasteiger partial charge is 0.161 e. The number of hydrogen-bond donors (Lipinski definition) is 0. The van der Waals surface area contributed by atoms with Gasteiger partial charge in [0.1, 0.15) is 13.2 Å². The summed E-state index contributed by atoms with van der Waals surface area (Å²) in [6.07, 6.45) is 0. The van der Waals surface area contributed by atoms with Crippen molar-refractivity contribution in [2.75, 3.05) is 13.2 Å². The van der Waals surface area contributed by atoms with Crippen molar-refractivity contribution in [3.63, 3.8) is 0 Å². The molecular weight excluding hydrogens is 319 g/mol. The van der Waals surface area contributed by atoms with Crippen molar-refractivity contribution < 1.29 is 9.47 Å². The van der Waals surface area contributed by atoms with Crippen LogP contribution >= 0.6 is 34.8 Å². The standard InChI is InChI=1S/C15H11Cl3O2/c16-10-2-3-11(12(17)8-10)15(18)9-1-4-13-14(7-9)20-6-5-19-13/h1-4,7-8,15H,5-6H2. The molecule has 0 radical (unpaired) electrons. The Bertz CT molecular complexity index is 643. The van der Waals surface area contributed by atoms with Gasteiger partial charge in [-0.15, -0.1) is 11.6 Å². The molecule has 0 saturated heterocycles. The van der Waals surface area contributed by atoms with Gasteiger partial charge in [0.25, 0.3) is 0 Å². The van der Waals surface area contributed by atoms with Gasteiger partial charge in [-0.1, -0.05) is 35.3 Å². The van der Waals surface area contributed by atoms with Crippen molar-refractivity contribution in [1.82, 2.24) is 0 Å². The Morgan fingerprint density at radius 2 is 1.65 bits per heavy atom. The molecule has 3 rings (SSSR count). The first-order valence-electron chi connectivity index (χ1n) is 6.14. The number of halogens is 3. The average Bonchev–Trinajstić information content (AvgIpc) is 2.46. The van der Waals surface area contributed by atoms with E-state index in [1.165, 1.54) is 0 Å². The fraction of sp³-hybridized carbons (Fsp3) is 0.200. The van der Waals surface area contributed by atoms with Crippen molar-refractivity contribution in [2.45, 2.75) is 5.38 Å². The molecule has 20 heavy (non-hydrogen) atoms. The first-order chi connectivity index (χ1) is 9.65. The van der Waals surface area contributed by atoms with Crippen LogP contribution in [0.15, 0.2) is 36.4 Å². The molecule has 2 aromatic rings. The molecule has 104 valence electrons. The highest BCUT2D eigenvalue weighted by atomic mass is 35.5. The number of alkyl halides is 1. The zero-order valence-electron chi connectivity index (χ0n) is 10.4. The maximum atomic E-state index is 6.51. The molecule has 1 atom stereocenters. The summed E-state index contributed by atoms with van der Waals surface area (Å²) in [5.41, 5.74) is 1.72. The van der Waals surface area contributed by atoms with Crippen molar-refractivity contribution in [1.29, 1.82) is 0 Å². The molecule has 0 fully saturated rings. The van der Waals surface area contributed by atoms with Gasteiger partial charge in [-0.25, -0.2) is 0 Å². The van der Waals surface area contributed by atoms with E-state index >= 15 is 0 Å². The van der Waals surface area contributed by atoms with Gasteiger partial charge in [0.05, 0.1) is 5.38 Å². The first-order valence-corrected chi connectivity index (χ1v) is 7.33. The number of fused-ring (bicyclic) bond motifs is 1. The van der Waals surface area contributed by atoms with E-state index in [-0.39, 0.29) is 5.38 Å². The van der Waals surface area contributed by atoms with Crippen molar-refractivity contribution in [2.24, 2.45) is 0 Å². The lowest BCUT2D eigenvalue weighted by atomic mass is 10.0. The van der Waals surface area contributed by atoms with Crippen LogP contribution in [0.3, 0.4) is 0 Å². The van der Waals surface area contributed by atoms with Crippen LogP contribution in [0.25, 0.3) is 0 Å². The van der Waals surface area contributed by atoms with Gasteiger partial charge in [0.15, 0.2) is 11.5 Å². The van der Waals surface area contributed by atoms with Crippen LogP contribution in [0.1, 0.15) is 16.5 Å². The van der Waals surface area contributed by atoms with Crippen LogP contribution in [-0.2, 0) is 0 Å². The lowest BCUT2D eigenvalue weighted by Gasteiger charge is -2.20. The Kier molecular flexibility index (Phi) is 3.97. The summed E-state index contributed by atoms with van der Waals surface area (Å²) in [7, 11) is 0. The van der Waals surface area contributed by atoms with Crippen molar-refractivity contribution >= 4 is 34.8 Å². The zero-order valence-corrected chi connectivity index (χ0v) is 12.7. The third-order valence-corrected chi connectivity index (χ3v) is 4.14.